The molecule has 0 nitrogen and oxygen atoms in total. The Hall–Kier alpha value is 0. The third kappa shape index (κ3) is 0.833. The molecule has 18 aliphatic carbocycles. The van der Waals surface area contributed by atoms with Gasteiger partial charge in [0, 0.05) is 0 Å². The Labute approximate surface area is 258 Å². The quantitative estimate of drug-likeness (QED) is 0.312. The first kappa shape index (κ1) is 21.1. The lowest BCUT2D eigenvalue weighted by Crippen LogP contribution is -3.27. The minimum Gasteiger partial charge on any atom is -0.0654 e. The van der Waals surface area contributed by atoms with E-state index in [2.05, 4.69) is 41.5 Å². The molecule has 0 aromatic carbocycles. The zero-order valence-electron chi connectivity index (χ0n) is 27.6. The van der Waals surface area contributed by atoms with Gasteiger partial charge in [-0.25, -0.2) is 0 Å². The molecule has 26 unspecified atom stereocenters. The molecule has 224 valence electrons. The summed E-state index contributed by atoms with van der Waals surface area (Å²) >= 11 is 0. The summed E-state index contributed by atoms with van der Waals surface area (Å²) in [5.41, 5.74) is 10.3. The molecule has 0 bridgehead atoms. The maximum Gasteiger partial charge on any atom is -0.00299 e. The van der Waals surface area contributed by atoms with Crippen LogP contribution >= 0.6 is 0 Å². The Kier molecular flexibility index (Phi) is 2.08. The molecule has 0 aromatic heterocycles. The molecule has 0 saturated heterocycles. The minimum absolute atomic E-state index is 0.670. The molecule has 0 aromatic rings. The molecular formula is C43H52. The molecule has 43 heavy (non-hydrogen) atoms. The molecule has 0 aliphatic heterocycles. The smallest absolute Gasteiger partial charge is 0.00299 e. The summed E-state index contributed by atoms with van der Waals surface area (Å²) in [4.78, 5) is 0. The van der Waals surface area contributed by atoms with Crippen molar-refractivity contribution in [2.75, 3.05) is 0 Å². The summed E-state index contributed by atoms with van der Waals surface area (Å²) in [5, 5.41) is 0. The average Bonchev–Trinajstić information content (AvgIpc) is 2.92. The van der Waals surface area contributed by atoms with Crippen molar-refractivity contribution >= 4 is 0 Å². The highest BCUT2D eigenvalue weighted by Crippen LogP contribution is 3.31. The van der Waals surface area contributed by atoms with Gasteiger partial charge >= 0.3 is 0 Å². The fourth-order valence-corrected chi connectivity index (χ4v) is 31.5. The normalized spacial score (nSPS) is 98.1. The Balaban J connectivity index is 0.775. The lowest BCUT2D eigenvalue weighted by atomic mass is 8.73. The maximum absolute atomic E-state index is 2.98. The van der Waals surface area contributed by atoms with E-state index in [9.17, 15) is 0 Å². The van der Waals surface area contributed by atoms with Crippen LogP contribution in [0.3, 0.4) is 0 Å². The number of fused-ring (bicyclic) bond motifs is 10. The van der Waals surface area contributed by atoms with Gasteiger partial charge in [0.25, 0.3) is 0 Å². The van der Waals surface area contributed by atoms with Gasteiger partial charge in [-0.15, -0.1) is 0 Å². The van der Waals surface area contributed by atoms with Crippen molar-refractivity contribution in [2.24, 2.45) is 160 Å². The topological polar surface area (TPSA) is 0 Å². The van der Waals surface area contributed by atoms with Gasteiger partial charge in [0.1, 0.15) is 0 Å². The van der Waals surface area contributed by atoms with E-state index < -0.39 is 0 Å². The van der Waals surface area contributed by atoms with E-state index in [4.69, 9.17) is 0 Å². The van der Waals surface area contributed by atoms with Gasteiger partial charge in [0.15, 0.2) is 0 Å². The molecule has 18 aliphatic rings. The summed E-state index contributed by atoms with van der Waals surface area (Å²) in [7, 11) is 0. The van der Waals surface area contributed by atoms with E-state index in [0.717, 1.165) is 72.4 Å². The third-order valence-corrected chi connectivity index (χ3v) is 28.8. The van der Waals surface area contributed by atoms with E-state index in [1.165, 1.54) is 77.4 Å². The molecule has 18 rings (SSSR count). The van der Waals surface area contributed by atoms with Crippen molar-refractivity contribution in [1.82, 2.24) is 0 Å². The van der Waals surface area contributed by atoms with E-state index >= 15 is 0 Å². The van der Waals surface area contributed by atoms with Gasteiger partial charge < -0.3 is 0 Å². The monoisotopic (exact) mass is 568 g/mol. The summed E-state index contributed by atoms with van der Waals surface area (Å²) < 4.78 is 0. The first-order chi connectivity index (χ1) is 20.7. The van der Waals surface area contributed by atoms with E-state index in [0.29, 0.717) is 16.2 Å². The van der Waals surface area contributed by atoms with Crippen LogP contribution in [0.4, 0.5) is 0 Å². The molecule has 0 heteroatoms. The fraction of sp³-hybridized carbons (Fsp3) is 1.00. The van der Waals surface area contributed by atoms with Gasteiger partial charge in [-0.3, -0.25) is 0 Å². The highest BCUT2D eigenvalue weighted by atomic mass is 15.3. The van der Waals surface area contributed by atoms with Gasteiger partial charge in [0.2, 0.25) is 0 Å². The average molecular weight is 569 g/mol. The van der Waals surface area contributed by atoms with Gasteiger partial charge in [-0.2, -0.15) is 0 Å². The van der Waals surface area contributed by atoms with Crippen molar-refractivity contribution in [1.29, 1.82) is 0 Å². The number of hydrogen-bond acceptors (Lipinski definition) is 0. The lowest BCUT2D eigenvalue weighted by molar-refractivity contribution is -0.841. The summed E-state index contributed by atoms with van der Waals surface area (Å²) in [6, 6.07) is 0. The molecule has 18 fully saturated rings. The molecule has 7 spiro atoms. The lowest BCUT2D eigenvalue weighted by Gasteiger charge is -3.30. The molecule has 0 radical (unpaired) electrons. The first-order valence-corrected chi connectivity index (χ1v) is 20.7. The van der Waals surface area contributed by atoms with Crippen LogP contribution < -0.4 is 0 Å². The van der Waals surface area contributed by atoms with Crippen LogP contribution in [-0.4, -0.2) is 0 Å². The second-order valence-corrected chi connectivity index (χ2v) is 23.8. The van der Waals surface area contributed by atoms with Gasteiger partial charge in [0.05, 0.1) is 0 Å². The van der Waals surface area contributed by atoms with Gasteiger partial charge in [-0.05, 0) is 211 Å². The minimum atomic E-state index is 0.670. The molecular weight excluding hydrogens is 516 g/mol. The Morgan fingerprint density at radius 1 is 0.628 bits per heavy atom. The van der Waals surface area contributed by atoms with E-state index in [1.54, 1.807) is 51.4 Å². The predicted molar refractivity (Wildman–Crippen MR) is 161 cm³/mol. The largest absolute Gasteiger partial charge is 0.0654 e. The second-order valence-electron chi connectivity index (χ2n) is 23.8. The van der Waals surface area contributed by atoms with E-state index in [1.807, 2.05) is 0 Å². The Morgan fingerprint density at radius 3 is 2.07 bits per heavy atom. The predicted octanol–water partition coefficient (Wildman–Crippen LogP) is 8.56. The fourth-order valence-electron chi connectivity index (χ4n) is 31.5. The van der Waals surface area contributed by atoms with Crippen LogP contribution in [-0.2, 0) is 0 Å². The van der Waals surface area contributed by atoms with Crippen LogP contribution in [0.5, 0.6) is 0 Å². The van der Waals surface area contributed by atoms with Crippen LogP contribution in [0.2, 0.25) is 0 Å². The Bertz CT molecular complexity index is 1810. The molecule has 0 amide bonds. The van der Waals surface area contributed by atoms with Crippen molar-refractivity contribution in [3.8, 4) is 0 Å². The number of rotatable bonds is 5. The standard InChI is InChI=1S/C43H52/c1-7-9-35-15-25-17(3)33(5)34(6)32(4)16(2)20-14-26-36(35,43(34,39(20,26)32)42(25,33)35)10-8-19-21-13-24-29-28-22-11-18-12-23-30-31-27(19)38(21,24)41(29,31)40(28,30)37(18,22)23/h16-31H,7-15H2,1-6H3/t16-,17+,18?,19?,20?,21?,22?,23?,24?,25?,26?,27?,28?,29?,30?,31?,32?,33?,34?,35?,36?,37?,38?,39?,40?,41?,42?,43?/m1/s1. The SMILES string of the molecule is CCCC12CC3[C@H](C)C4(C)C5(C)C6(C)[C@H](C)C7CC8C1(CCC1C9CC%10C%11C%12C%13CC%14CC%15C%16C%17C1C9%10C%11%17C%12%16C%14%13%15)C5(C786)C324. The molecule has 18 saturated carbocycles. The van der Waals surface area contributed by atoms with Crippen LogP contribution in [0.1, 0.15) is 99.3 Å². The summed E-state index contributed by atoms with van der Waals surface area (Å²) in [6.45, 7) is 16.9. The highest BCUT2D eigenvalue weighted by Gasteiger charge is 3.28. The number of hydrogen-bond donors (Lipinski definition) is 0. The summed E-state index contributed by atoms with van der Waals surface area (Å²) in [5.74, 6) is 19.6. The van der Waals surface area contributed by atoms with Crippen LogP contribution in [0, 0.1) is 160 Å². The van der Waals surface area contributed by atoms with E-state index in [-0.39, 0.29) is 0 Å². The molecule has 0 N–H and O–H groups in total. The van der Waals surface area contributed by atoms with Crippen molar-refractivity contribution in [3.63, 3.8) is 0 Å². The third-order valence-electron chi connectivity index (χ3n) is 28.8. The summed E-state index contributed by atoms with van der Waals surface area (Å²) in [6.07, 6.45) is 15.1. The van der Waals surface area contributed by atoms with Gasteiger partial charge in [-0.1, -0.05) is 48.0 Å². The van der Waals surface area contributed by atoms with Crippen molar-refractivity contribution < 1.29 is 0 Å². The highest BCUT2D eigenvalue weighted by molar-refractivity contribution is 5.74. The molecule has 28 atom stereocenters. The van der Waals surface area contributed by atoms with Crippen molar-refractivity contribution in [3.05, 3.63) is 0 Å². The first-order valence-electron chi connectivity index (χ1n) is 20.7. The van der Waals surface area contributed by atoms with Crippen LogP contribution in [0.25, 0.3) is 0 Å². The zero-order chi connectivity index (χ0) is 27.6. The maximum atomic E-state index is 2.98. The zero-order valence-corrected chi connectivity index (χ0v) is 27.6. The van der Waals surface area contributed by atoms with Crippen molar-refractivity contribution in [2.45, 2.75) is 99.3 Å². The van der Waals surface area contributed by atoms with Crippen LogP contribution in [0.15, 0.2) is 0 Å². The molecule has 0 heterocycles. The second kappa shape index (κ2) is 4.24. The Morgan fingerprint density at radius 2 is 1.33 bits per heavy atom.